The second kappa shape index (κ2) is 5.30. The molecule has 1 aromatic rings. The Hall–Kier alpha value is -1.10. The van der Waals surface area contributed by atoms with E-state index in [2.05, 4.69) is 0 Å². The number of benzene rings is 1. The molecule has 0 aliphatic carbocycles. The van der Waals surface area contributed by atoms with E-state index in [1.165, 1.54) is 12.1 Å². The summed E-state index contributed by atoms with van der Waals surface area (Å²) in [5, 5.41) is 0. The van der Waals surface area contributed by atoms with Crippen molar-refractivity contribution in [1.82, 2.24) is 0 Å². The van der Waals surface area contributed by atoms with Crippen molar-refractivity contribution in [3.05, 3.63) is 35.6 Å². The molecule has 1 atom stereocenters. The van der Waals surface area contributed by atoms with Gasteiger partial charge >= 0.3 is 6.18 Å². The molecule has 0 unspecified atom stereocenters. The molecule has 0 aromatic heterocycles. The van der Waals surface area contributed by atoms with E-state index in [4.69, 9.17) is 5.73 Å². The zero-order chi connectivity index (χ0) is 12.2. The Kier molecular flexibility index (Phi) is 4.29. The number of alkyl halides is 3. The van der Waals surface area contributed by atoms with Crippen molar-refractivity contribution in [2.75, 3.05) is 0 Å². The minimum atomic E-state index is -4.33. The molecule has 1 rings (SSSR count). The number of aryl methyl sites for hydroxylation is 1. The molecule has 1 aromatic carbocycles. The SMILES string of the molecule is N[C@@H](CCCc1ccc(F)cc1)C(F)(F)F. The Labute approximate surface area is 91.3 Å². The van der Waals surface area contributed by atoms with Gasteiger partial charge in [0.2, 0.25) is 0 Å². The van der Waals surface area contributed by atoms with Gasteiger partial charge in [-0.25, -0.2) is 4.39 Å². The van der Waals surface area contributed by atoms with Crippen molar-refractivity contribution < 1.29 is 17.6 Å². The molecule has 0 bridgehead atoms. The van der Waals surface area contributed by atoms with Crippen LogP contribution in [0.4, 0.5) is 17.6 Å². The maximum absolute atomic E-state index is 12.5. The van der Waals surface area contributed by atoms with Crippen molar-refractivity contribution >= 4 is 0 Å². The Morgan fingerprint density at radius 1 is 1.12 bits per heavy atom. The minimum Gasteiger partial charge on any atom is -0.320 e. The van der Waals surface area contributed by atoms with Gasteiger partial charge in [0, 0.05) is 0 Å². The van der Waals surface area contributed by atoms with E-state index in [1.54, 1.807) is 12.1 Å². The molecule has 0 spiro atoms. The zero-order valence-corrected chi connectivity index (χ0v) is 8.60. The number of halogens is 4. The van der Waals surface area contributed by atoms with Crippen LogP contribution in [0.25, 0.3) is 0 Å². The lowest BCUT2D eigenvalue weighted by molar-refractivity contribution is -0.149. The fraction of sp³-hybridized carbons (Fsp3) is 0.455. The number of nitrogens with two attached hydrogens (primary N) is 1. The van der Waals surface area contributed by atoms with E-state index in [0.717, 1.165) is 5.56 Å². The smallest absolute Gasteiger partial charge is 0.320 e. The topological polar surface area (TPSA) is 26.0 Å². The van der Waals surface area contributed by atoms with E-state index in [-0.39, 0.29) is 12.2 Å². The van der Waals surface area contributed by atoms with Gasteiger partial charge in [0.15, 0.2) is 0 Å². The minimum absolute atomic E-state index is 0.110. The molecule has 2 N–H and O–H groups in total. The van der Waals surface area contributed by atoms with Crippen molar-refractivity contribution in [2.24, 2.45) is 5.73 Å². The molecule has 0 fully saturated rings. The Bertz CT molecular complexity index is 318. The summed E-state index contributed by atoms with van der Waals surface area (Å²) in [6.45, 7) is 0. The van der Waals surface area contributed by atoms with Crippen LogP contribution in [0.15, 0.2) is 24.3 Å². The second-order valence-electron chi connectivity index (χ2n) is 3.67. The van der Waals surface area contributed by atoms with Gasteiger partial charge in [-0.15, -0.1) is 0 Å². The Balaban J connectivity index is 2.33. The molecule has 0 amide bonds. The quantitative estimate of drug-likeness (QED) is 0.797. The molecule has 1 nitrogen and oxygen atoms in total. The van der Waals surface area contributed by atoms with Crippen molar-refractivity contribution in [3.8, 4) is 0 Å². The van der Waals surface area contributed by atoms with Crippen LogP contribution in [0, 0.1) is 5.82 Å². The Morgan fingerprint density at radius 3 is 2.19 bits per heavy atom. The molecule has 0 saturated carbocycles. The summed E-state index contributed by atoms with van der Waals surface area (Å²) in [5.41, 5.74) is 5.77. The Morgan fingerprint density at radius 2 is 1.69 bits per heavy atom. The van der Waals surface area contributed by atoms with Gasteiger partial charge in [-0.3, -0.25) is 0 Å². The highest BCUT2D eigenvalue weighted by Gasteiger charge is 2.35. The van der Waals surface area contributed by atoms with Gasteiger partial charge in [0.05, 0.1) is 0 Å². The van der Waals surface area contributed by atoms with E-state index in [1.807, 2.05) is 0 Å². The van der Waals surface area contributed by atoms with Gasteiger partial charge in [-0.1, -0.05) is 12.1 Å². The molecule has 16 heavy (non-hydrogen) atoms. The van der Waals surface area contributed by atoms with Gasteiger partial charge in [-0.05, 0) is 37.0 Å². The lowest BCUT2D eigenvalue weighted by Crippen LogP contribution is -2.37. The van der Waals surface area contributed by atoms with Gasteiger partial charge in [0.1, 0.15) is 11.9 Å². The summed E-state index contributed by atoms with van der Waals surface area (Å²) < 4.78 is 48.7. The molecule has 0 saturated heterocycles. The first-order valence-electron chi connectivity index (χ1n) is 4.96. The third-order valence-electron chi connectivity index (χ3n) is 2.31. The standard InChI is InChI=1S/C11H13F4N/c12-9-6-4-8(5-7-9)2-1-3-10(16)11(13,14)15/h4-7,10H,1-3,16H2/t10-/m0/s1. The van der Waals surface area contributed by atoms with Crippen LogP contribution in [-0.4, -0.2) is 12.2 Å². The van der Waals surface area contributed by atoms with Crippen LogP contribution >= 0.6 is 0 Å². The van der Waals surface area contributed by atoms with Crippen LogP contribution in [0.5, 0.6) is 0 Å². The van der Waals surface area contributed by atoms with Crippen LogP contribution in [0.2, 0.25) is 0 Å². The molecule has 5 heteroatoms. The predicted molar refractivity (Wildman–Crippen MR) is 53.4 cm³/mol. The fourth-order valence-corrected chi connectivity index (χ4v) is 1.34. The molecular formula is C11H13F4N. The molecular weight excluding hydrogens is 222 g/mol. The van der Waals surface area contributed by atoms with E-state index >= 15 is 0 Å². The third kappa shape index (κ3) is 4.18. The normalized spacial score (nSPS) is 13.8. The predicted octanol–water partition coefficient (Wildman–Crippen LogP) is 3.04. The first-order valence-corrected chi connectivity index (χ1v) is 4.96. The summed E-state index contributed by atoms with van der Waals surface area (Å²) in [7, 11) is 0. The lowest BCUT2D eigenvalue weighted by atomic mass is 10.0. The molecule has 0 aliphatic rings. The first kappa shape index (κ1) is 13.0. The molecule has 0 heterocycles. The van der Waals surface area contributed by atoms with Crippen molar-refractivity contribution in [2.45, 2.75) is 31.5 Å². The zero-order valence-electron chi connectivity index (χ0n) is 8.60. The summed E-state index contributed by atoms with van der Waals surface area (Å²) in [6.07, 6.45) is -3.62. The van der Waals surface area contributed by atoms with Crippen LogP contribution < -0.4 is 5.73 Å². The van der Waals surface area contributed by atoms with E-state index < -0.39 is 12.2 Å². The molecule has 0 radical (unpaired) electrons. The maximum Gasteiger partial charge on any atom is 0.403 e. The number of hydrogen-bond donors (Lipinski definition) is 1. The summed E-state index contributed by atoms with van der Waals surface area (Å²) in [4.78, 5) is 0. The highest BCUT2D eigenvalue weighted by Crippen LogP contribution is 2.22. The average molecular weight is 235 g/mol. The summed E-state index contributed by atoms with van der Waals surface area (Å²) in [5.74, 6) is -0.351. The monoisotopic (exact) mass is 235 g/mol. The lowest BCUT2D eigenvalue weighted by Gasteiger charge is -2.14. The van der Waals surface area contributed by atoms with Crippen LogP contribution in [0.3, 0.4) is 0 Å². The largest absolute Gasteiger partial charge is 0.403 e. The second-order valence-corrected chi connectivity index (χ2v) is 3.67. The summed E-state index contributed by atoms with van der Waals surface area (Å²) >= 11 is 0. The van der Waals surface area contributed by atoms with E-state index in [0.29, 0.717) is 12.8 Å². The number of hydrogen-bond acceptors (Lipinski definition) is 1. The highest BCUT2D eigenvalue weighted by molar-refractivity contribution is 5.15. The van der Waals surface area contributed by atoms with Crippen LogP contribution in [-0.2, 0) is 6.42 Å². The van der Waals surface area contributed by atoms with Gasteiger partial charge in [0.25, 0.3) is 0 Å². The van der Waals surface area contributed by atoms with Gasteiger partial charge < -0.3 is 5.73 Å². The first-order chi connectivity index (χ1) is 7.39. The highest BCUT2D eigenvalue weighted by atomic mass is 19.4. The van der Waals surface area contributed by atoms with Crippen LogP contribution in [0.1, 0.15) is 18.4 Å². The van der Waals surface area contributed by atoms with Crippen molar-refractivity contribution in [3.63, 3.8) is 0 Å². The van der Waals surface area contributed by atoms with Crippen molar-refractivity contribution in [1.29, 1.82) is 0 Å². The average Bonchev–Trinajstić information content (AvgIpc) is 2.19. The summed E-state index contributed by atoms with van der Waals surface area (Å²) in [6, 6.07) is 3.94. The van der Waals surface area contributed by atoms with E-state index in [9.17, 15) is 17.6 Å². The number of rotatable bonds is 4. The van der Waals surface area contributed by atoms with Gasteiger partial charge in [-0.2, -0.15) is 13.2 Å². The molecule has 0 aliphatic heterocycles. The molecule has 90 valence electrons. The third-order valence-corrected chi connectivity index (χ3v) is 2.31. The fourth-order valence-electron chi connectivity index (χ4n) is 1.34. The maximum atomic E-state index is 12.5.